The molecule has 0 aliphatic carbocycles. The molecule has 1 fully saturated rings. The number of benzene rings is 1. The molecule has 2 aromatic heterocycles. The fourth-order valence-corrected chi connectivity index (χ4v) is 3.30. The standard InChI is InChI=1S/C21H20F3N5O3/c1-12-11-29(6-7-31-12)21-26-10-16(22)18(28-21)27-17-8-14(9-25-19(17)30)13-2-4-15(5-3-13)32-20(23)24/h2-5,8-10,12,20H,6-7,11H2,1H3,(H,25,30)(H,26,27,28). The third kappa shape index (κ3) is 4.99. The van der Waals surface area contributed by atoms with Crippen molar-refractivity contribution >= 4 is 17.5 Å². The van der Waals surface area contributed by atoms with Crippen LogP contribution in [0, 0.1) is 5.82 Å². The highest BCUT2D eigenvalue weighted by Gasteiger charge is 2.20. The summed E-state index contributed by atoms with van der Waals surface area (Å²) < 4.78 is 48.9. The number of hydrogen-bond donors (Lipinski definition) is 2. The van der Waals surface area contributed by atoms with Crippen molar-refractivity contribution < 1.29 is 22.6 Å². The van der Waals surface area contributed by atoms with Gasteiger partial charge in [0.2, 0.25) is 5.95 Å². The number of ether oxygens (including phenoxy) is 2. The van der Waals surface area contributed by atoms with Crippen molar-refractivity contribution in [2.24, 2.45) is 0 Å². The summed E-state index contributed by atoms with van der Waals surface area (Å²) in [4.78, 5) is 25.1. The van der Waals surface area contributed by atoms with Gasteiger partial charge in [-0.2, -0.15) is 13.8 Å². The lowest BCUT2D eigenvalue weighted by molar-refractivity contribution is -0.0498. The Morgan fingerprint density at radius 3 is 2.78 bits per heavy atom. The Kier molecular flexibility index (Phi) is 6.26. The molecule has 0 radical (unpaired) electrons. The van der Waals surface area contributed by atoms with Crippen LogP contribution in [-0.4, -0.2) is 47.4 Å². The number of aromatic nitrogens is 3. The van der Waals surface area contributed by atoms with Crippen LogP contribution < -0.4 is 20.5 Å². The lowest BCUT2D eigenvalue weighted by Crippen LogP contribution is -2.42. The first-order chi connectivity index (χ1) is 15.4. The highest BCUT2D eigenvalue weighted by Crippen LogP contribution is 2.25. The van der Waals surface area contributed by atoms with Gasteiger partial charge in [-0.3, -0.25) is 4.79 Å². The van der Waals surface area contributed by atoms with E-state index in [1.165, 1.54) is 24.4 Å². The summed E-state index contributed by atoms with van der Waals surface area (Å²) in [5.74, 6) is -0.517. The van der Waals surface area contributed by atoms with Gasteiger partial charge in [0.05, 0.1) is 18.9 Å². The third-order valence-corrected chi connectivity index (χ3v) is 4.82. The second kappa shape index (κ2) is 9.27. The molecule has 1 aliphatic rings. The Hall–Kier alpha value is -3.60. The van der Waals surface area contributed by atoms with Gasteiger partial charge in [0.25, 0.3) is 5.56 Å². The van der Waals surface area contributed by atoms with Crippen LogP contribution in [0.15, 0.2) is 47.5 Å². The van der Waals surface area contributed by atoms with Crippen LogP contribution in [0.1, 0.15) is 6.92 Å². The highest BCUT2D eigenvalue weighted by molar-refractivity contribution is 5.69. The molecular formula is C21H20F3N5O3. The molecule has 11 heteroatoms. The number of hydrogen-bond acceptors (Lipinski definition) is 7. The van der Waals surface area contributed by atoms with Crippen molar-refractivity contribution in [1.82, 2.24) is 15.0 Å². The van der Waals surface area contributed by atoms with Crippen LogP contribution in [0.3, 0.4) is 0 Å². The first-order valence-electron chi connectivity index (χ1n) is 9.83. The molecule has 1 aromatic carbocycles. The number of nitrogens with zero attached hydrogens (tertiary/aromatic N) is 3. The number of H-pyrrole nitrogens is 1. The minimum atomic E-state index is -2.92. The van der Waals surface area contributed by atoms with E-state index in [1.54, 1.807) is 12.1 Å². The van der Waals surface area contributed by atoms with E-state index in [0.717, 1.165) is 6.20 Å². The lowest BCUT2D eigenvalue weighted by Gasteiger charge is -2.31. The Morgan fingerprint density at radius 1 is 1.28 bits per heavy atom. The van der Waals surface area contributed by atoms with Gasteiger partial charge in [0.1, 0.15) is 11.4 Å². The number of rotatable bonds is 6. The third-order valence-electron chi connectivity index (χ3n) is 4.82. The normalized spacial score (nSPS) is 16.3. The van der Waals surface area contributed by atoms with E-state index in [4.69, 9.17) is 4.74 Å². The van der Waals surface area contributed by atoms with Gasteiger partial charge in [0.15, 0.2) is 11.6 Å². The molecule has 0 saturated carbocycles. The maximum Gasteiger partial charge on any atom is 0.387 e. The molecule has 1 atom stereocenters. The molecule has 32 heavy (non-hydrogen) atoms. The zero-order valence-electron chi connectivity index (χ0n) is 17.0. The second-order valence-electron chi connectivity index (χ2n) is 7.15. The lowest BCUT2D eigenvalue weighted by atomic mass is 10.1. The quantitative estimate of drug-likeness (QED) is 0.597. The average molecular weight is 447 g/mol. The Morgan fingerprint density at radius 2 is 2.06 bits per heavy atom. The van der Waals surface area contributed by atoms with Gasteiger partial charge in [-0.25, -0.2) is 9.37 Å². The fraction of sp³-hybridized carbons (Fsp3) is 0.286. The number of alkyl halides is 2. The number of anilines is 3. The fourth-order valence-electron chi connectivity index (χ4n) is 3.30. The van der Waals surface area contributed by atoms with Gasteiger partial charge in [-0.05, 0) is 30.7 Å². The van der Waals surface area contributed by atoms with Crippen LogP contribution in [0.5, 0.6) is 5.75 Å². The van der Waals surface area contributed by atoms with Crippen molar-refractivity contribution in [2.45, 2.75) is 19.6 Å². The molecule has 0 amide bonds. The van der Waals surface area contributed by atoms with E-state index in [2.05, 4.69) is 25.0 Å². The molecule has 0 spiro atoms. The van der Waals surface area contributed by atoms with Gasteiger partial charge in [-0.15, -0.1) is 0 Å². The zero-order valence-corrected chi connectivity index (χ0v) is 17.0. The monoisotopic (exact) mass is 447 g/mol. The van der Waals surface area contributed by atoms with Crippen molar-refractivity contribution in [3.63, 3.8) is 0 Å². The molecular weight excluding hydrogens is 427 g/mol. The summed E-state index contributed by atoms with van der Waals surface area (Å²) in [5, 5.41) is 2.73. The molecule has 3 aromatic rings. The van der Waals surface area contributed by atoms with Crippen LogP contribution in [0.2, 0.25) is 0 Å². The van der Waals surface area contributed by atoms with Gasteiger partial charge < -0.3 is 24.7 Å². The number of morpholine rings is 1. The topological polar surface area (TPSA) is 92.4 Å². The minimum absolute atomic E-state index is 0.00850. The van der Waals surface area contributed by atoms with Crippen LogP contribution in [0.4, 0.5) is 30.6 Å². The Labute approximate surface area is 181 Å². The van der Waals surface area contributed by atoms with E-state index < -0.39 is 18.0 Å². The summed E-state index contributed by atoms with van der Waals surface area (Å²) in [6.07, 6.45) is 2.50. The van der Waals surface area contributed by atoms with E-state index in [-0.39, 0.29) is 23.4 Å². The van der Waals surface area contributed by atoms with E-state index in [0.29, 0.717) is 36.8 Å². The number of aromatic amines is 1. The first kappa shape index (κ1) is 21.6. The van der Waals surface area contributed by atoms with Crippen molar-refractivity contribution in [1.29, 1.82) is 0 Å². The molecule has 4 rings (SSSR count). The van der Waals surface area contributed by atoms with Crippen molar-refractivity contribution in [2.75, 3.05) is 29.9 Å². The van der Waals surface area contributed by atoms with Crippen LogP contribution in [-0.2, 0) is 4.74 Å². The van der Waals surface area contributed by atoms with E-state index in [1.807, 2.05) is 11.8 Å². The van der Waals surface area contributed by atoms with Crippen LogP contribution >= 0.6 is 0 Å². The summed E-state index contributed by atoms with van der Waals surface area (Å²) >= 11 is 0. The van der Waals surface area contributed by atoms with Crippen LogP contribution in [0.25, 0.3) is 11.1 Å². The molecule has 168 valence electrons. The number of nitrogens with one attached hydrogen (secondary N) is 2. The molecule has 2 N–H and O–H groups in total. The molecule has 3 heterocycles. The predicted octanol–water partition coefficient (Wildman–Crippen LogP) is 3.54. The predicted molar refractivity (Wildman–Crippen MR) is 112 cm³/mol. The van der Waals surface area contributed by atoms with E-state index in [9.17, 15) is 18.0 Å². The zero-order chi connectivity index (χ0) is 22.7. The molecule has 1 unspecified atom stereocenters. The van der Waals surface area contributed by atoms with Gasteiger partial charge in [-0.1, -0.05) is 12.1 Å². The Bertz CT molecular complexity index is 1140. The van der Waals surface area contributed by atoms with E-state index >= 15 is 0 Å². The first-order valence-corrected chi connectivity index (χ1v) is 9.83. The summed E-state index contributed by atoms with van der Waals surface area (Å²) in [5.41, 5.74) is 0.796. The van der Waals surface area contributed by atoms with Gasteiger partial charge >= 0.3 is 6.61 Å². The smallest absolute Gasteiger partial charge is 0.387 e. The average Bonchev–Trinajstić information content (AvgIpc) is 2.77. The maximum absolute atomic E-state index is 14.4. The summed E-state index contributed by atoms with van der Waals surface area (Å²) in [6, 6.07) is 7.43. The molecule has 8 nitrogen and oxygen atoms in total. The molecule has 0 bridgehead atoms. The summed E-state index contributed by atoms with van der Waals surface area (Å²) in [6.45, 7) is 0.640. The molecule has 1 saturated heterocycles. The largest absolute Gasteiger partial charge is 0.435 e. The van der Waals surface area contributed by atoms with Crippen molar-refractivity contribution in [3.05, 3.63) is 58.9 Å². The maximum atomic E-state index is 14.4. The summed E-state index contributed by atoms with van der Waals surface area (Å²) in [7, 11) is 0. The highest BCUT2D eigenvalue weighted by atomic mass is 19.3. The Balaban J connectivity index is 1.58. The second-order valence-corrected chi connectivity index (χ2v) is 7.15. The minimum Gasteiger partial charge on any atom is -0.435 e. The number of halogens is 3. The molecule has 1 aliphatic heterocycles. The number of pyridine rings is 1. The SMILES string of the molecule is CC1CN(c2ncc(F)c(Nc3cc(-c4ccc(OC(F)F)cc4)c[nH]c3=O)n2)CCO1. The van der Waals surface area contributed by atoms with Gasteiger partial charge in [0, 0.05) is 24.8 Å². The van der Waals surface area contributed by atoms with Crippen molar-refractivity contribution in [3.8, 4) is 16.9 Å².